The molecule has 3 rings (SSSR count). The standard InChI is InChI=1S/C18H18ClN5O2/c1-11-9-12(2)24(22-11)15-7-6-14(19)17(21-15)18(25)23(3)13-5-8-16(26-4)20-10-13/h5-10H,1-4H3. The Morgan fingerprint density at radius 1 is 1.23 bits per heavy atom. The Balaban J connectivity index is 1.95. The molecule has 0 radical (unpaired) electrons. The van der Waals surface area contributed by atoms with Crippen molar-refractivity contribution >= 4 is 23.2 Å². The lowest BCUT2D eigenvalue weighted by atomic mass is 10.3. The minimum Gasteiger partial charge on any atom is -0.481 e. The zero-order chi connectivity index (χ0) is 18.8. The summed E-state index contributed by atoms with van der Waals surface area (Å²) in [5, 5.41) is 4.67. The number of aryl methyl sites for hydroxylation is 2. The van der Waals surface area contributed by atoms with Crippen LogP contribution in [-0.4, -0.2) is 39.8 Å². The summed E-state index contributed by atoms with van der Waals surface area (Å²) in [7, 11) is 3.17. The molecule has 0 saturated carbocycles. The van der Waals surface area contributed by atoms with Crippen LogP contribution in [0.15, 0.2) is 36.5 Å². The van der Waals surface area contributed by atoms with E-state index in [0.717, 1.165) is 11.4 Å². The molecule has 0 aromatic carbocycles. The van der Waals surface area contributed by atoms with Crippen LogP contribution < -0.4 is 9.64 Å². The second-order valence-electron chi connectivity index (χ2n) is 5.76. The lowest BCUT2D eigenvalue weighted by Crippen LogP contribution is -2.28. The summed E-state index contributed by atoms with van der Waals surface area (Å²) < 4.78 is 6.71. The number of halogens is 1. The Labute approximate surface area is 156 Å². The Hall–Kier alpha value is -2.93. The molecule has 0 aliphatic rings. The molecule has 134 valence electrons. The van der Waals surface area contributed by atoms with Gasteiger partial charge in [-0.1, -0.05) is 11.6 Å². The molecular formula is C18H18ClN5O2. The molecule has 26 heavy (non-hydrogen) atoms. The fourth-order valence-electron chi connectivity index (χ4n) is 2.53. The number of methoxy groups -OCH3 is 1. The first-order valence-electron chi connectivity index (χ1n) is 7.89. The molecule has 3 heterocycles. The second kappa shape index (κ2) is 7.13. The minimum absolute atomic E-state index is 0.148. The molecule has 8 heteroatoms. The third-order valence-electron chi connectivity index (χ3n) is 3.88. The second-order valence-corrected chi connectivity index (χ2v) is 6.17. The van der Waals surface area contributed by atoms with Crippen LogP contribution in [-0.2, 0) is 0 Å². The largest absolute Gasteiger partial charge is 0.481 e. The molecule has 0 fully saturated rings. The van der Waals surface area contributed by atoms with Crippen LogP contribution in [0.5, 0.6) is 5.88 Å². The predicted molar refractivity (Wildman–Crippen MR) is 99.4 cm³/mol. The zero-order valence-corrected chi connectivity index (χ0v) is 15.7. The van der Waals surface area contributed by atoms with Crippen molar-refractivity contribution in [3.05, 3.63) is 58.6 Å². The van der Waals surface area contributed by atoms with Gasteiger partial charge in [0.2, 0.25) is 5.88 Å². The SMILES string of the molecule is COc1ccc(N(C)C(=O)c2nc(-n3nc(C)cc3C)ccc2Cl)cn1. The van der Waals surface area contributed by atoms with E-state index in [4.69, 9.17) is 16.3 Å². The maximum absolute atomic E-state index is 12.9. The van der Waals surface area contributed by atoms with Crippen LogP contribution in [0, 0.1) is 13.8 Å². The third-order valence-corrected chi connectivity index (χ3v) is 4.19. The van der Waals surface area contributed by atoms with E-state index in [-0.39, 0.29) is 16.6 Å². The Kier molecular flexibility index (Phi) is 4.90. The van der Waals surface area contributed by atoms with Gasteiger partial charge < -0.3 is 9.64 Å². The number of hydrogen-bond donors (Lipinski definition) is 0. The number of amides is 1. The highest BCUT2D eigenvalue weighted by Crippen LogP contribution is 2.22. The first-order chi connectivity index (χ1) is 12.4. The highest BCUT2D eigenvalue weighted by molar-refractivity contribution is 6.34. The smallest absolute Gasteiger partial charge is 0.278 e. The van der Waals surface area contributed by atoms with Crippen molar-refractivity contribution in [3.63, 3.8) is 0 Å². The number of hydrogen-bond acceptors (Lipinski definition) is 5. The molecule has 3 aromatic rings. The number of carbonyl (C=O) groups excluding carboxylic acids is 1. The summed E-state index contributed by atoms with van der Waals surface area (Å²) in [6.45, 7) is 3.82. The Bertz CT molecular complexity index is 953. The maximum Gasteiger partial charge on any atom is 0.278 e. The predicted octanol–water partition coefficient (Wildman–Crippen LogP) is 3.22. The molecule has 7 nitrogen and oxygen atoms in total. The van der Waals surface area contributed by atoms with E-state index in [1.807, 2.05) is 19.9 Å². The molecular weight excluding hydrogens is 354 g/mol. The fourth-order valence-corrected chi connectivity index (χ4v) is 2.71. The lowest BCUT2D eigenvalue weighted by Gasteiger charge is -2.18. The Morgan fingerprint density at radius 2 is 2.00 bits per heavy atom. The molecule has 0 bridgehead atoms. The zero-order valence-electron chi connectivity index (χ0n) is 14.9. The summed E-state index contributed by atoms with van der Waals surface area (Å²) >= 11 is 6.23. The summed E-state index contributed by atoms with van der Waals surface area (Å²) in [5.41, 5.74) is 2.54. The van der Waals surface area contributed by atoms with Crippen molar-refractivity contribution < 1.29 is 9.53 Å². The van der Waals surface area contributed by atoms with Crippen molar-refractivity contribution in [2.45, 2.75) is 13.8 Å². The molecule has 0 aliphatic carbocycles. The summed E-state index contributed by atoms with van der Waals surface area (Å²) in [5.74, 6) is 0.659. The van der Waals surface area contributed by atoms with Gasteiger partial charge in [0.1, 0.15) is 5.69 Å². The molecule has 0 N–H and O–H groups in total. The molecule has 3 aromatic heterocycles. The minimum atomic E-state index is -0.342. The van der Waals surface area contributed by atoms with Crippen molar-refractivity contribution in [2.24, 2.45) is 0 Å². The number of aromatic nitrogens is 4. The third kappa shape index (κ3) is 3.39. The van der Waals surface area contributed by atoms with Crippen molar-refractivity contribution in [2.75, 3.05) is 19.1 Å². The van der Waals surface area contributed by atoms with Gasteiger partial charge in [-0.3, -0.25) is 4.79 Å². The monoisotopic (exact) mass is 371 g/mol. The van der Waals surface area contributed by atoms with Crippen LogP contribution in [0.1, 0.15) is 21.9 Å². The number of rotatable bonds is 4. The molecule has 0 saturated heterocycles. The number of anilines is 1. The van der Waals surface area contributed by atoms with Gasteiger partial charge in [0.25, 0.3) is 5.91 Å². The molecule has 0 spiro atoms. The van der Waals surface area contributed by atoms with E-state index in [9.17, 15) is 4.79 Å². The highest BCUT2D eigenvalue weighted by Gasteiger charge is 2.20. The van der Waals surface area contributed by atoms with Crippen LogP contribution in [0.3, 0.4) is 0 Å². The number of carbonyl (C=O) groups is 1. The summed E-state index contributed by atoms with van der Waals surface area (Å²) in [6, 6.07) is 8.73. The van der Waals surface area contributed by atoms with Crippen molar-refractivity contribution in [1.29, 1.82) is 0 Å². The van der Waals surface area contributed by atoms with Crippen molar-refractivity contribution in [1.82, 2.24) is 19.7 Å². The first kappa shape index (κ1) is 17.9. The Morgan fingerprint density at radius 3 is 2.58 bits per heavy atom. The summed E-state index contributed by atoms with van der Waals surface area (Å²) in [4.78, 5) is 22.9. The highest BCUT2D eigenvalue weighted by atomic mass is 35.5. The van der Waals surface area contributed by atoms with Gasteiger partial charge in [0.05, 0.1) is 29.7 Å². The van der Waals surface area contributed by atoms with Crippen LogP contribution in [0.2, 0.25) is 5.02 Å². The normalized spacial score (nSPS) is 10.7. The molecule has 0 unspecified atom stereocenters. The van der Waals surface area contributed by atoms with E-state index in [0.29, 0.717) is 17.4 Å². The van der Waals surface area contributed by atoms with Crippen LogP contribution in [0.25, 0.3) is 5.82 Å². The number of pyridine rings is 2. The first-order valence-corrected chi connectivity index (χ1v) is 8.27. The van der Waals surface area contributed by atoms with Crippen molar-refractivity contribution in [3.8, 4) is 11.7 Å². The van der Waals surface area contributed by atoms with Gasteiger partial charge >= 0.3 is 0 Å². The number of nitrogens with zero attached hydrogens (tertiary/aromatic N) is 5. The molecule has 0 atom stereocenters. The van der Waals surface area contributed by atoms with Crippen LogP contribution >= 0.6 is 11.6 Å². The van der Waals surface area contributed by atoms with Gasteiger partial charge in [-0.25, -0.2) is 14.6 Å². The van der Waals surface area contributed by atoms with E-state index < -0.39 is 0 Å². The van der Waals surface area contributed by atoms with Gasteiger partial charge in [0, 0.05) is 18.8 Å². The van der Waals surface area contributed by atoms with E-state index in [2.05, 4.69) is 15.1 Å². The quantitative estimate of drug-likeness (QED) is 0.704. The fraction of sp³-hybridized carbons (Fsp3) is 0.222. The van der Waals surface area contributed by atoms with E-state index in [1.165, 1.54) is 12.0 Å². The molecule has 1 amide bonds. The number of ether oxygens (including phenoxy) is 1. The topological polar surface area (TPSA) is 73.1 Å². The van der Waals surface area contributed by atoms with E-state index in [1.54, 1.807) is 42.2 Å². The van der Waals surface area contributed by atoms with Gasteiger partial charge in [-0.15, -0.1) is 0 Å². The maximum atomic E-state index is 12.9. The van der Waals surface area contributed by atoms with Gasteiger partial charge in [0.15, 0.2) is 5.82 Å². The van der Waals surface area contributed by atoms with Crippen LogP contribution in [0.4, 0.5) is 5.69 Å². The van der Waals surface area contributed by atoms with Gasteiger partial charge in [-0.2, -0.15) is 5.10 Å². The average Bonchev–Trinajstić information content (AvgIpc) is 2.99. The summed E-state index contributed by atoms with van der Waals surface area (Å²) in [6.07, 6.45) is 1.55. The molecule has 0 aliphatic heterocycles. The lowest BCUT2D eigenvalue weighted by molar-refractivity contribution is 0.0988. The average molecular weight is 372 g/mol. The van der Waals surface area contributed by atoms with Gasteiger partial charge in [-0.05, 0) is 38.1 Å². The van der Waals surface area contributed by atoms with E-state index >= 15 is 0 Å².